The molecule has 8 N–H and O–H groups in total. The minimum absolute atomic E-state index is 0.154. The Bertz CT molecular complexity index is 1790. The molecule has 2 atom stereocenters. The van der Waals surface area contributed by atoms with E-state index in [0.717, 1.165) is 41.7 Å². The van der Waals surface area contributed by atoms with Crippen molar-refractivity contribution in [3.8, 4) is 0 Å². The van der Waals surface area contributed by atoms with Crippen LogP contribution < -0.4 is 32.7 Å². The van der Waals surface area contributed by atoms with Crippen molar-refractivity contribution < 1.29 is 14.4 Å². The lowest BCUT2D eigenvalue weighted by atomic mass is 10.0. The summed E-state index contributed by atoms with van der Waals surface area (Å²) in [5.41, 5.74) is 15.5. The number of fused-ring (bicyclic) bond motifs is 1. The zero-order valence-electron chi connectivity index (χ0n) is 28.4. The molecule has 0 saturated carbocycles. The minimum Gasteiger partial charge on any atom is -0.354 e. The summed E-state index contributed by atoms with van der Waals surface area (Å²) in [5, 5.41) is 14.0. The molecule has 51 heavy (non-hydrogen) atoms. The fourth-order valence-corrected chi connectivity index (χ4v) is 6.92. The van der Waals surface area contributed by atoms with Crippen LogP contribution in [0, 0.1) is 0 Å². The van der Waals surface area contributed by atoms with Gasteiger partial charge < -0.3 is 37.3 Å². The van der Waals surface area contributed by atoms with Crippen molar-refractivity contribution in [2.24, 2.45) is 11.5 Å². The number of aromatic nitrogens is 1. The number of hydrogen-bond acceptors (Lipinski definition) is 6. The third kappa shape index (κ3) is 10.6. The molecule has 0 unspecified atom stereocenters. The van der Waals surface area contributed by atoms with E-state index < -0.39 is 24.0 Å². The molecule has 1 aromatic heterocycles. The summed E-state index contributed by atoms with van der Waals surface area (Å²) in [5.74, 6) is -0.893. The molecule has 272 valence electrons. The van der Waals surface area contributed by atoms with Crippen molar-refractivity contribution >= 4 is 69.2 Å². The van der Waals surface area contributed by atoms with Crippen LogP contribution in [0.3, 0.4) is 0 Å². The van der Waals surface area contributed by atoms with Gasteiger partial charge in [-0.15, -0.1) is 0 Å². The smallest absolute Gasteiger partial charge is 0.319 e. The third-order valence-electron chi connectivity index (χ3n) is 8.95. The fraction of sp³-hybridized carbons (Fsp3) is 0.378. The fourth-order valence-electron chi connectivity index (χ4n) is 6.27. The van der Waals surface area contributed by atoms with Gasteiger partial charge in [0.05, 0.1) is 12.1 Å². The first-order valence-electron chi connectivity index (χ1n) is 17.2. The summed E-state index contributed by atoms with van der Waals surface area (Å²) in [6.07, 6.45) is 5.47. The van der Waals surface area contributed by atoms with Crippen LogP contribution in [-0.2, 0) is 29.1 Å². The van der Waals surface area contributed by atoms with E-state index in [1.807, 2.05) is 36.4 Å². The highest BCUT2D eigenvalue weighted by Gasteiger charge is 2.27. The number of anilines is 1. The largest absolute Gasteiger partial charge is 0.354 e. The average molecular weight is 756 g/mol. The lowest BCUT2D eigenvalue weighted by molar-refractivity contribution is -0.130. The van der Waals surface area contributed by atoms with Gasteiger partial charge in [-0.05, 0) is 99.4 Å². The van der Waals surface area contributed by atoms with Crippen LogP contribution in [0.5, 0.6) is 0 Å². The van der Waals surface area contributed by atoms with Crippen LogP contribution in [0.1, 0.15) is 42.4 Å². The molecule has 4 amide bonds. The second kappa shape index (κ2) is 18.6. The first-order chi connectivity index (χ1) is 24.6. The maximum Gasteiger partial charge on any atom is 0.319 e. The molecule has 14 heteroatoms. The molecule has 1 fully saturated rings. The first kappa shape index (κ1) is 38.4. The molecule has 0 bridgehead atoms. The lowest BCUT2D eigenvalue weighted by Crippen LogP contribution is -2.55. The molecule has 1 aliphatic rings. The molecule has 1 saturated heterocycles. The molecule has 1 aliphatic heterocycles. The highest BCUT2D eigenvalue weighted by atomic mass is 35.5. The van der Waals surface area contributed by atoms with Gasteiger partial charge in [0, 0.05) is 57.4 Å². The van der Waals surface area contributed by atoms with Crippen LogP contribution in [-0.4, -0.2) is 72.1 Å². The van der Waals surface area contributed by atoms with Crippen LogP contribution >= 0.6 is 34.8 Å². The zero-order chi connectivity index (χ0) is 36.3. The van der Waals surface area contributed by atoms with E-state index in [1.54, 1.807) is 24.3 Å². The van der Waals surface area contributed by atoms with E-state index in [1.165, 1.54) is 18.4 Å². The highest BCUT2D eigenvalue weighted by Crippen LogP contribution is 2.31. The topological polar surface area (TPSA) is 160 Å². The molecular formula is C37H45Cl3N8O3. The number of halogens is 3. The molecule has 0 aliphatic carbocycles. The second-order valence-corrected chi connectivity index (χ2v) is 14.0. The Morgan fingerprint density at radius 3 is 2.24 bits per heavy atom. The van der Waals surface area contributed by atoms with Crippen molar-refractivity contribution in [3.63, 3.8) is 0 Å². The Labute approximate surface area is 313 Å². The Hall–Kier alpha value is -3.84. The number of nitrogens with one attached hydrogen (secondary N) is 4. The van der Waals surface area contributed by atoms with E-state index in [4.69, 9.17) is 46.3 Å². The predicted octanol–water partition coefficient (Wildman–Crippen LogP) is 5.28. The summed E-state index contributed by atoms with van der Waals surface area (Å²) in [4.78, 5) is 42.5. The molecule has 0 radical (unpaired) electrons. The number of amides is 4. The molecule has 3 aromatic carbocycles. The number of rotatable bonds is 16. The van der Waals surface area contributed by atoms with Gasteiger partial charge >= 0.3 is 6.03 Å². The van der Waals surface area contributed by atoms with Gasteiger partial charge in [-0.2, -0.15) is 0 Å². The van der Waals surface area contributed by atoms with Gasteiger partial charge in [0.2, 0.25) is 11.8 Å². The molecule has 4 aromatic rings. The van der Waals surface area contributed by atoms with Crippen molar-refractivity contribution in [1.82, 2.24) is 25.4 Å². The SMILES string of the molecule is NCCCNC(=O)[C@H](CCN)NC(=O)[C@H](Cc1ccc(Cl)cc1)NC(=O)Nc1ccc2c(CN3CCCC3)cn(Cc3c(Cl)cccc3Cl)c2c1. The Morgan fingerprint density at radius 1 is 0.824 bits per heavy atom. The van der Waals surface area contributed by atoms with Gasteiger partial charge in [0.25, 0.3) is 0 Å². The van der Waals surface area contributed by atoms with Crippen molar-refractivity contribution in [2.45, 2.75) is 57.3 Å². The number of hydrogen-bond donors (Lipinski definition) is 6. The number of likely N-dealkylation sites (tertiary alicyclic amines) is 1. The maximum atomic E-state index is 13.7. The summed E-state index contributed by atoms with van der Waals surface area (Å²) in [7, 11) is 0. The summed E-state index contributed by atoms with van der Waals surface area (Å²) in [6.45, 7) is 4.34. The predicted molar refractivity (Wildman–Crippen MR) is 205 cm³/mol. The molecule has 11 nitrogen and oxygen atoms in total. The quantitative estimate of drug-likeness (QED) is 0.0855. The van der Waals surface area contributed by atoms with Gasteiger partial charge in [-0.3, -0.25) is 14.5 Å². The number of urea groups is 1. The summed E-state index contributed by atoms with van der Waals surface area (Å²) >= 11 is 19.2. The monoisotopic (exact) mass is 754 g/mol. The highest BCUT2D eigenvalue weighted by molar-refractivity contribution is 6.36. The van der Waals surface area contributed by atoms with Crippen LogP contribution in [0.15, 0.2) is 66.9 Å². The van der Waals surface area contributed by atoms with Crippen LogP contribution in [0.4, 0.5) is 10.5 Å². The normalized spacial score (nSPS) is 14.3. The number of carbonyl (C=O) groups is 3. The number of benzene rings is 3. The Balaban J connectivity index is 1.37. The third-order valence-corrected chi connectivity index (χ3v) is 9.91. The minimum atomic E-state index is -1.02. The van der Waals surface area contributed by atoms with E-state index in [0.29, 0.717) is 46.8 Å². The van der Waals surface area contributed by atoms with Gasteiger partial charge in [-0.1, -0.05) is 59.1 Å². The Morgan fingerprint density at radius 2 is 1.55 bits per heavy atom. The van der Waals surface area contributed by atoms with Crippen LogP contribution in [0.2, 0.25) is 15.1 Å². The number of nitrogens with two attached hydrogens (primary N) is 2. The molecule has 2 heterocycles. The van der Waals surface area contributed by atoms with E-state index >= 15 is 0 Å². The van der Waals surface area contributed by atoms with Gasteiger partial charge in [-0.25, -0.2) is 4.79 Å². The molecule has 0 spiro atoms. The molecule has 5 rings (SSSR count). The van der Waals surface area contributed by atoms with Crippen molar-refractivity contribution in [2.75, 3.05) is 38.0 Å². The van der Waals surface area contributed by atoms with Crippen molar-refractivity contribution in [1.29, 1.82) is 0 Å². The van der Waals surface area contributed by atoms with Crippen molar-refractivity contribution in [3.05, 3.63) is 98.6 Å². The maximum absolute atomic E-state index is 13.7. The summed E-state index contributed by atoms with van der Waals surface area (Å²) in [6, 6.07) is 15.7. The van der Waals surface area contributed by atoms with Crippen LogP contribution in [0.25, 0.3) is 10.9 Å². The Kier molecular flexibility index (Phi) is 14.0. The van der Waals surface area contributed by atoms with Gasteiger partial charge in [0.1, 0.15) is 12.1 Å². The summed E-state index contributed by atoms with van der Waals surface area (Å²) < 4.78 is 2.10. The van der Waals surface area contributed by atoms with E-state index in [2.05, 4.69) is 36.9 Å². The standard InChI is InChI=1S/C37H45Cl3N8O3/c38-26-9-7-24(8-10-26)19-33(36(50)45-32(13-15-42)35(49)43-16-4-14-41)46-37(51)44-27-11-12-28-25(21-47-17-1-2-18-47)22-48(34(28)20-27)23-29-30(39)5-3-6-31(29)40/h3,5-12,20,22,32-33H,1-2,4,13-19,21,23,41-42H2,(H,43,49)(H,45,50)(H2,44,46,51)/t32-,33-/m0/s1. The number of nitrogens with zero attached hydrogens (tertiary/aromatic N) is 2. The number of carbonyl (C=O) groups excluding carboxylic acids is 3. The van der Waals surface area contributed by atoms with E-state index in [-0.39, 0.29) is 25.3 Å². The second-order valence-electron chi connectivity index (χ2n) is 12.8. The lowest BCUT2D eigenvalue weighted by Gasteiger charge is -2.23. The van der Waals surface area contributed by atoms with Gasteiger partial charge in [0.15, 0.2) is 0 Å². The first-order valence-corrected chi connectivity index (χ1v) is 18.4. The molecular weight excluding hydrogens is 711 g/mol. The van der Waals surface area contributed by atoms with E-state index in [9.17, 15) is 14.4 Å². The zero-order valence-corrected chi connectivity index (χ0v) is 30.7. The average Bonchev–Trinajstić information content (AvgIpc) is 3.74.